The van der Waals surface area contributed by atoms with Gasteiger partial charge in [-0.25, -0.2) is 0 Å². The highest BCUT2D eigenvalue weighted by Crippen LogP contribution is 1.91. The van der Waals surface area contributed by atoms with Crippen LogP contribution in [-0.2, 0) is 4.79 Å². The Labute approximate surface area is 84.6 Å². The number of rotatable bonds is 3. The summed E-state index contributed by atoms with van der Waals surface area (Å²) in [6, 6.07) is 11.3. The van der Waals surface area contributed by atoms with E-state index in [1.54, 1.807) is 0 Å². The van der Waals surface area contributed by atoms with Crippen molar-refractivity contribution >= 4 is 5.97 Å². The molecule has 0 aliphatic carbocycles. The molecule has 0 bridgehead atoms. The van der Waals surface area contributed by atoms with E-state index < -0.39 is 12.0 Å². The van der Waals surface area contributed by atoms with Crippen molar-refractivity contribution in [3.05, 3.63) is 36.4 Å². The number of nitrogens with two attached hydrogens (primary N) is 1. The summed E-state index contributed by atoms with van der Waals surface area (Å²) in [5, 5.41) is 8.19. The lowest BCUT2D eigenvalue weighted by atomic mass is 10.2. The number of carboxylic acid groups (broad SMARTS) is 1. The summed E-state index contributed by atoms with van der Waals surface area (Å²) in [7, 11) is 0. The van der Waals surface area contributed by atoms with Gasteiger partial charge in [-0.3, -0.25) is 4.79 Å². The molecule has 0 saturated carbocycles. The number of carboxylic acids is 1. The van der Waals surface area contributed by atoms with Crippen LogP contribution in [0.25, 0.3) is 0 Å². The highest BCUT2D eigenvalue weighted by atomic mass is 16.4. The van der Waals surface area contributed by atoms with E-state index in [1.807, 2.05) is 43.3 Å². The maximum absolute atomic E-state index is 9.96. The van der Waals surface area contributed by atoms with Crippen molar-refractivity contribution < 1.29 is 9.90 Å². The standard InChI is InChI=1S/C6H6.C5H11NO2/c1-2-4-6-5-3-1;1-2-3-4(6)5(7)8/h1-6H;4H,2-3,6H2,1H3,(H,7,8)/t;4-/m.0/s1. The van der Waals surface area contributed by atoms with Crippen molar-refractivity contribution in [3.8, 4) is 0 Å². The molecule has 3 nitrogen and oxygen atoms in total. The zero-order valence-corrected chi connectivity index (χ0v) is 8.39. The molecular formula is C11H17NO2. The quantitative estimate of drug-likeness (QED) is 0.774. The molecule has 0 fully saturated rings. The van der Waals surface area contributed by atoms with Crippen molar-refractivity contribution in [3.63, 3.8) is 0 Å². The predicted octanol–water partition coefficient (Wildman–Crippen LogP) is 1.88. The molecule has 1 aromatic carbocycles. The Morgan fingerprint density at radius 3 is 1.71 bits per heavy atom. The lowest BCUT2D eigenvalue weighted by Gasteiger charge is -2.00. The first-order valence-corrected chi connectivity index (χ1v) is 4.67. The van der Waals surface area contributed by atoms with E-state index >= 15 is 0 Å². The fourth-order valence-electron chi connectivity index (χ4n) is 0.819. The SMILES string of the molecule is CCC[C@H](N)C(=O)O.c1ccccc1. The second-order valence-electron chi connectivity index (χ2n) is 2.89. The maximum Gasteiger partial charge on any atom is 0.320 e. The van der Waals surface area contributed by atoms with Gasteiger partial charge in [0, 0.05) is 0 Å². The predicted molar refractivity (Wildman–Crippen MR) is 57.0 cm³/mol. The summed E-state index contributed by atoms with van der Waals surface area (Å²) in [4.78, 5) is 9.96. The number of carbonyl (C=O) groups is 1. The van der Waals surface area contributed by atoms with Crippen LogP contribution in [0.3, 0.4) is 0 Å². The van der Waals surface area contributed by atoms with Gasteiger partial charge in [0.25, 0.3) is 0 Å². The van der Waals surface area contributed by atoms with Gasteiger partial charge in [0.2, 0.25) is 0 Å². The van der Waals surface area contributed by atoms with Crippen LogP contribution in [0.2, 0.25) is 0 Å². The van der Waals surface area contributed by atoms with Gasteiger partial charge in [-0.2, -0.15) is 0 Å². The van der Waals surface area contributed by atoms with E-state index in [2.05, 4.69) is 0 Å². The average Bonchev–Trinajstić information content (AvgIpc) is 2.21. The number of benzene rings is 1. The van der Waals surface area contributed by atoms with Gasteiger partial charge in [0.15, 0.2) is 0 Å². The minimum atomic E-state index is -0.910. The Morgan fingerprint density at radius 1 is 1.21 bits per heavy atom. The summed E-state index contributed by atoms with van der Waals surface area (Å²) in [6.07, 6.45) is 1.39. The van der Waals surface area contributed by atoms with E-state index in [-0.39, 0.29) is 0 Å². The Kier molecular flexibility index (Phi) is 7.46. The monoisotopic (exact) mass is 195 g/mol. The van der Waals surface area contributed by atoms with Crippen molar-refractivity contribution in [1.29, 1.82) is 0 Å². The first-order valence-electron chi connectivity index (χ1n) is 4.67. The van der Waals surface area contributed by atoms with E-state index in [0.717, 1.165) is 6.42 Å². The van der Waals surface area contributed by atoms with Crippen LogP contribution in [-0.4, -0.2) is 17.1 Å². The molecule has 0 spiro atoms. The molecule has 78 valence electrons. The normalized spacial score (nSPS) is 11.0. The minimum absolute atomic E-state index is 0.565. The molecule has 0 aliphatic rings. The largest absolute Gasteiger partial charge is 0.480 e. The van der Waals surface area contributed by atoms with Crippen LogP contribution in [0.4, 0.5) is 0 Å². The lowest BCUT2D eigenvalue weighted by molar-refractivity contribution is -0.138. The molecule has 0 amide bonds. The number of aliphatic carboxylic acids is 1. The van der Waals surface area contributed by atoms with E-state index in [9.17, 15) is 4.79 Å². The molecule has 1 atom stereocenters. The first-order chi connectivity index (χ1) is 6.68. The highest BCUT2D eigenvalue weighted by molar-refractivity contribution is 5.72. The lowest BCUT2D eigenvalue weighted by Crippen LogP contribution is -2.29. The van der Waals surface area contributed by atoms with Crippen molar-refractivity contribution in [2.45, 2.75) is 25.8 Å². The van der Waals surface area contributed by atoms with Crippen LogP contribution < -0.4 is 5.73 Å². The van der Waals surface area contributed by atoms with Gasteiger partial charge in [-0.1, -0.05) is 49.7 Å². The smallest absolute Gasteiger partial charge is 0.320 e. The second kappa shape index (κ2) is 8.26. The molecule has 14 heavy (non-hydrogen) atoms. The summed E-state index contributed by atoms with van der Waals surface area (Å²) in [5.74, 6) is -0.910. The van der Waals surface area contributed by atoms with Crippen LogP contribution in [0.15, 0.2) is 36.4 Å². The third kappa shape index (κ3) is 7.31. The molecule has 0 unspecified atom stereocenters. The first kappa shape index (κ1) is 12.7. The maximum atomic E-state index is 9.96. The van der Waals surface area contributed by atoms with Gasteiger partial charge >= 0.3 is 5.97 Å². The molecule has 3 N–H and O–H groups in total. The highest BCUT2D eigenvalue weighted by Gasteiger charge is 2.07. The summed E-state index contributed by atoms with van der Waals surface area (Å²) < 4.78 is 0. The van der Waals surface area contributed by atoms with E-state index in [1.165, 1.54) is 0 Å². The fraction of sp³-hybridized carbons (Fsp3) is 0.364. The van der Waals surface area contributed by atoms with Crippen LogP contribution in [0, 0.1) is 0 Å². The summed E-state index contributed by atoms with van der Waals surface area (Å²) >= 11 is 0. The van der Waals surface area contributed by atoms with E-state index in [4.69, 9.17) is 10.8 Å². The molecule has 0 heterocycles. The molecule has 0 saturated heterocycles. The Balaban J connectivity index is 0.000000249. The van der Waals surface area contributed by atoms with Gasteiger partial charge in [-0.05, 0) is 6.42 Å². The zero-order chi connectivity index (χ0) is 10.8. The third-order valence-corrected chi connectivity index (χ3v) is 1.58. The van der Waals surface area contributed by atoms with Crippen LogP contribution >= 0.6 is 0 Å². The average molecular weight is 195 g/mol. The van der Waals surface area contributed by atoms with Crippen LogP contribution in [0.5, 0.6) is 0 Å². The van der Waals surface area contributed by atoms with Gasteiger partial charge in [-0.15, -0.1) is 0 Å². The van der Waals surface area contributed by atoms with Gasteiger partial charge in [0.05, 0.1) is 0 Å². The Hall–Kier alpha value is -1.35. The van der Waals surface area contributed by atoms with Gasteiger partial charge in [0.1, 0.15) is 6.04 Å². The summed E-state index contributed by atoms with van der Waals surface area (Å²) in [5.41, 5.74) is 5.13. The molecule has 1 rings (SSSR count). The number of hydrogen-bond acceptors (Lipinski definition) is 2. The molecule has 1 aromatic rings. The third-order valence-electron chi connectivity index (χ3n) is 1.58. The van der Waals surface area contributed by atoms with E-state index in [0.29, 0.717) is 6.42 Å². The summed E-state index contributed by atoms with van der Waals surface area (Å²) in [6.45, 7) is 1.91. The fourth-order valence-corrected chi connectivity index (χ4v) is 0.819. The molecule has 0 aliphatic heterocycles. The Morgan fingerprint density at radius 2 is 1.57 bits per heavy atom. The molecule has 0 aromatic heterocycles. The van der Waals surface area contributed by atoms with Crippen molar-refractivity contribution in [2.24, 2.45) is 5.73 Å². The second-order valence-corrected chi connectivity index (χ2v) is 2.89. The van der Waals surface area contributed by atoms with Gasteiger partial charge < -0.3 is 10.8 Å². The minimum Gasteiger partial charge on any atom is -0.480 e. The number of hydrogen-bond donors (Lipinski definition) is 2. The van der Waals surface area contributed by atoms with Crippen LogP contribution in [0.1, 0.15) is 19.8 Å². The topological polar surface area (TPSA) is 63.3 Å². The molecule has 0 radical (unpaired) electrons. The molecule has 3 heteroatoms. The molecular weight excluding hydrogens is 178 g/mol. The van der Waals surface area contributed by atoms with Crippen molar-refractivity contribution in [1.82, 2.24) is 0 Å². The van der Waals surface area contributed by atoms with Crippen molar-refractivity contribution in [2.75, 3.05) is 0 Å². The zero-order valence-electron chi connectivity index (χ0n) is 8.39. The Bertz CT molecular complexity index is 210.